The first kappa shape index (κ1) is 20.3. The van der Waals surface area contributed by atoms with Gasteiger partial charge in [0.25, 0.3) is 17.5 Å². The number of furan rings is 1. The second kappa shape index (κ2) is 9.20. The molecule has 30 heavy (non-hydrogen) atoms. The Labute approximate surface area is 171 Å². The fourth-order valence-electron chi connectivity index (χ4n) is 2.48. The lowest BCUT2D eigenvalue weighted by Gasteiger charge is -2.11. The molecular formula is C21H17N3O6. The van der Waals surface area contributed by atoms with Gasteiger partial charge >= 0.3 is 0 Å². The fourth-order valence-corrected chi connectivity index (χ4v) is 2.48. The molecule has 1 heterocycles. The Bertz CT molecular complexity index is 1070. The van der Waals surface area contributed by atoms with Crippen LogP contribution in [0.25, 0.3) is 6.08 Å². The Morgan fingerprint density at radius 3 is 2.33 bits per heavy atom. The maximum atomic E-state index is 12.8. The number of non-ortho nitro benzene ring substituents is 1. The van der Waals surface area contributed by atoms with E-state index in [0.717, 1.165) is 0 Å². The van der Waals surface area contributed by atoms with Crippen molar-refractivity contribution in [3.63, 3.8) is 0 Å². The Hall–Kier alpha value is -4.40. The van der Waals surface area contributed by atoms with E-state index in [1.165, 1.54) is 49.8 Å². The summed E-state index contributed by atoms with van der Waals surface area (Å²) in [5, 5.41) is 16.0. The second-order valence-corrected chi connectivity index (χ2v) is 6.02. The third kappa shape index (κ3) is 5.10. The van der Waals surface area contributed by atoms with Crippen molar-refractivity contribution in [2.75, 3.05) is 12.4 Å². The average molecular weight is 407 g/mol. The number of rotatable bonds is 7. The zero-order valence-electron chi connectivity index (χ0n) is 15.8. The van der Waals surface area contributed by atoms with E-state index in [-0.39, 0.29) is 17.1 Å². The predicted octanol–water partition coefficient (Wildman–Crippen LogP) is 3.61. The molecule has 0 atom stereocenters. The van der Waals surface area contributed by atoms with Crippen LogP contribution >= 0.6 is 0 Å². The van der Waals surface area contributed by atoms with Crippen molar-refractivity contribution in [3.05, 3.63) is 94.1 Å². The molecular weight excluding hydrogens is 390 g/mol. The first-order chi connectivity index (χ1) is 14.5. The van der Waals surface area contributed by atoms with Gasteiger partial charge in [-0.25, -0.2) is 0 Å². The van der Waals surface area contributed by atoms with Crippen molar-refractivity contribution < 1.29 is 23.7 Å². The molecule has 0 aliphatic heterocycles. The summed E-state index contributed by atoms with van der Waals surface area (Å²) in [6.45, 7) is 0. The van der Waals surface area contributed by atoms with E-state index in [2.05, 4.69) is 10.6 Å². The number of anilines is 1. The van der Waals surface area contributed by atoms with E-state index in [1.807, 2.05) is 0 Å². The zero-order chi connectivity index (χ0) is 21.5. The van der Waals surface area contributed by atoms with Crippen LogP contribution in [-0.2, 0) is 4.79 Å². The lowest BCUT2D eigenvalue weighted by Crippen LogP contribution is -2.30. The molecule has 0 saturated heterocycles. The molecule has 9 heteroatoms. The largest absolute Gasteiger partial charge is 0.497 e. The van der Waals surface area contributed by atoms with Crippen LogP contribution in [0.3, 0.4) is 0 Å². The Morgan fingerprint density at radius 2 is 1.77 bits per heavy atom. The third-order valence-electron chi connectivity index (χ3n) is 4.00. The van der Waals surface area contributed by atoms with Crippen molar-refractivity contribution in [1.29, 1.82) is 0 Å². The number of carbonyl (C=O) groups is 2. The topological polar surface area (TPSA) is 124 Å². The molecule has 0 bridgehead atoms. The smallest absolute Gasteiger partial charge is 0.291 e. The molecule has 1 aromatic heterocycles. The van der Waals surface area contributed by atoms with Crippen molar-refractivity contribution in [3.8, 4) is 5.75 Å². The van der Waals surface area contributed by atoms with Gasteiger partial charge in [-0.3, -0.25) is 19.7 Å². The number of carbonyl (C=O) groups excluding carboxylic acids is 2. The number of nitrogens with one attached hydrogen (secondary N) is 2. The van der Waals surface area contributed by atoms with Gasteiger partial charge in [0.1, 0.15) is 11.4 Å². The minimum Gasteiger partial charge on any atom is -0.497 e. The second-order valence-electron chi connectivity index (χ2n) is 6.02. The van der Waals surface area contributed by atoms with E-state index >= 15 is 0 Å². The van der Waals surface area contributed by atoms with Crippen LogP contribution in [0.4, 0.5) is 11.4 Å². The predicted molar refractivity (Wildman–Crippen MR) is 109 cm³/mol. The molecule has 3 rings (SSSR count). The minimum atomic E-state index is -0.613. The standard InChI is InChI=1S/C21H17N3O6/c1-29-17-10-6-15(7-11-17)22-20(25)18(23-21(26)19-3-2-12-30-19)13-14-4-8-16(9-5-14)24(27)28/h2-13H,1H3,(H,22,25)(H,23,26). The summed E-state index contributed by atoms with van der Waals surface area (Å²) in [6, 6.07) is 15.2. The SMILES string of the molecule is COc1ccc(NC(=O)C(=Cc2ccc([N+](=O)[O-])cc2)NC(=O)c2ccco2)cc1. The highest BCUT2D eigenvalue weighted by atomic mass is 16.6. The van der Waals surface area contributed by atoms with Crippen LogP contribution in [0.2, 0.25) is 0 Å². The summed E-state index contributed by atoms with van der Waals surface area (Å²) in [6.07, 6.45) is 2.75. The number of ether oxygens (including phenoxy) is 1. The van der Waals surface area contributed by atoms with Crippen LogP contribution < -0.4 is 15.4 Å². The van der Waals surface area contributed by atoms with E-state index in [0.29, 0.717) is 17.0 Å². The van der Waals surface area contributed by atoms with Gasteiger partial charge in [-0.1, -0.05) is 0 Å². The van der Waals surface area contributed by atoms with Gasteiger partial charge in [-0.15, -0.1) is 0 Å². The van der Waals surface area contributed by atoms with E-state index in [9.17, 15) is 19.7 Å². The summed E-state index contributed by atoms with van der Waals surface area (Å²) in [5.41, 5.74) is 0.819. The molecule has 0 unspecified atom stereocenters. The summed E-state index contributed by atoms with van der Waals surface area (Å²) < 4.78 is 10.1. The van der Waals surface area contributed by atoms with Crippen molar-refractivity contribution in [1.82, 2.24) is 5.32 Å². The molecule has 2 N–H and O–H groups in total. The van der Waals surface area contributed by atoms with E-state index in [4.69, 9.17) is 9.15 Å². The lowest BCUT2D eigenvalue weighted by atomic mass is 10.1. The Kier molecular flexibility index (Phi) is 6.23. The monoisotopic (exact) mass is 407 g/mol. The number of hydrogen-bond acceptors (Lipinski definition) is 6. The highest BCUT2D eigenvalue weighted by molar-refractivity contribution is 6.10. The highest BCUT2D eigenvalue weighted by Gasteiger charge is 2.17. The van der Waals surface area contributed by atoms with Gasteiger partial charge in [-0.05, 0) is 60.2 Å². The number of nitro groups is 1. The number of methoxy groups -OCH3 is 1. The highest BCUT2D eigenvalue weighted by Crippen LogP contribution is 2.17. The molecule has 0 saturated carbocycles. The van der Waals surface area contributed by atoms with Crippen LogP contribution in [0.1, 0.15) is 16.1 Å². The molecule has 0 spiro atoms. The molecule has 2 aromatic carbocycles. The van der Waals surface area contributed by atoms with Gasteiger partial charge in [0.05, 0.1) is 18.3 Å². The minimum absolute atomic E-state index is 0.0295. The molecule has 152 valence electrons. The maximum Gasteiger partial charge on any atom is 0.291 e. The fraction of sp³-hybridized carbons (Fsp3) is 0.0476. The maximum absolute atomic E-state index is 12.8. The van der Waals surface area contributed by atoms with Gasteiger partial charge in [-0.2, -0.15) is 0 Å². The normalized spacial score (nSPS) is 10.9. The van der Waals surface area contributed by atoms with Gasteiger partial charge in [0, 0.05) is 17.8 Å². The van der Waals surface area contributed by atoms with Crippen LogP contribution in [0.5, 0.6) is 5.75 Å². The van der Waals surface area contributed by atoms with Crippen molar-refractivity contribution in [2.24, 2.45) is 0 Å². The third-order valence-corrected chi connectivity index (χ3v) is 4.00. The molecule has 0 aliphatic rings. The average Bonchev–Trinajstić information content (AvgIpc) is 3.29. The summed E-state index contributed by atoms with van der Waals surface area (Å²) >= 11 is 0. The molecule has 0 aliphatic carbocycles. The molecule has 0 fully saturated rings. The molecule has 3 aromatic rings. The molecule has 9 nitrogen and oxygen atoms in total. The van der Waals surface area contributed by atoms with Crippen molar-refractivity contribution >= 4 is 29.3 Å². The van der Waals surface area contributed by atoms with Crippen LogP contribution in [0, 0.1) is 10.1 Å². The van der Waals surface area contributed by atoms with Crippen molar-refractivity contribution in [2.45, 2.75) is 0 Å². The lowest BCUT2D eigenvalue weighted by molar-refractivity contribution is -0.384. The van der Waals surface area contributed by atoms with E-state index in [1.54, 1.807) is 30.3 Å². The zero-order valence-corrected chi connectivity index (χ0v) is 15.8. The number of hydrogen-bond donors (Lipinski definition) is 2. The van der Waals surface area contributed by atoms with Gasteiger partial charge in [0.2, 0.25) is 0 Å². The molecule has 2 amide bonds. The summed E-state index contributed by atoms with van der Waals surface area (Å²) in [5.74, 6) is -0.543. The summed E-state index contributed by atoms with van der Waals surface area (Å²) in [4.78, 5) is 35.4. The Balaban J connectivity index is 1.86. The molecule has 0 radical (unpaired) electrons. The first-order valence-electron chi connectivity index (χ1n) is 8.72. The van der Waals surface area contributed by atoms with Crippen LogP contribution in [0.15, 0.2) is 77.0 Å². The number of nitrogens with zero attached hydrogens (tertiary/aromatic N) is 1. The van der Waals surface area contributed by atoms with Gasteiger partial charge < -0.3 is 19.8 Å². The van der Waals surface area contributed by atoms with Crippen LogP contribution in [-0.4, -0.2) is 23.8 Å². The number of benzene rings is 2. The quantitative estimate of drug-likeness (QED) is 0.350. The first-order valence-corrected chi connectivity index (χ1v) is 8.72. The van der Waals surface area contributed by atoms with E-state index < -0.39 is 16.7 Å². The number of nitro benzene ring substituents is 1. The Morgan fingerprint density at radius 1 is 1.07 bits per heavy atom. The van der Waals surface area contributed by atoms with Gasteiger partial charge in [0.15, 0.2) is 5.76 Å². The number of amides is 2. The summed E-state index contributed by atoms with van der Waals surface area (Å²) in [7, 11) is 1.53.